The maximum Gasteiger partial charge on any atom is 0.252 e. The van der Waals surface area contributed by atoms with Crippen LogP contribution in [0.15, 0.2) is 4.52 Å². The first-order valence-electron chi connectivity index (χ1n) is 7.91. The van der Waals surface area contributed by atoms with Crippen molar-refractivity contribution >= 4 is 0 Å². The molecule has 112 valence electrons. The van der Waals surface area contributed by atoms with Crippen LogP contribution in [0.4, 0.5) is 0 Å². The fraction of sp³-hybridized carbons (Fsp3) is 0.867. The van der Waals surface area contributed by atoms with E-state index in [1.54, 1.807) is 0 Å². The van der Waals surface area contributed by atoms with Crippen LogP contribution in [-0.2, 0) is 16.9 Å². The Labute approximate surface area is 120 Å². The Kier molecular flexibility index (Phi) is 4.08. The molecule has 0 bridgehead atoms. The van der Waals surface area contributed by atoms with Crippen LogP contribution >= 0.6 is 0 Å². The summed E-state index contributed by atoms with van der Waals surface area (Å²) < 4.78 is 11.3. The van der Waals surface area contributed by atoms with Gasteiger partial charge in [0, 0.05) is 0 Å². The topological polar surface area (TPSA) is 74.2 Å². The predicted octanol–water partition coefficient (Wildman–Crippen LogP) is 2.89. The quantitative estimate of drug-likeness (QED) is 0.917. The van der Waals surface area contributed by atoms with E-state index < -0.39 is 0 Å². The zero-order valence-electron chi connectivity index (χ0n) is 12.3. The van der Waals surface area contributed by atoms with Crippen LogP contribution in [0.5, 0.6) is 0 Å². The van der Waals surface area contributed by atoms with Crippen LogP contribution < -0.4 is 5.73 Å². The Morgan fingerprint density at radius 3 is 2.75 bits per heavy atom. The van der Waals surface area contributed by atoms with Gasteiger partial charge in [-0.3, -0.25) is 0 Å². The van der Waals surface area contributed by atoms with Crippen LogP contribution in [0.25, 0.3) is 0 Å². The predicted molar refractivity (Wildman–Crippen MR) is 74.8 cm³/mol. The van der Waals surface area contributed by atoms with E-state index in [9.17, 15) is 0 Å². The lowest BCUT2D eigenvalue weighted by molar-refractivity contribution is -0.0252. The van der Waals surface area contributed by atoms with E-state index in [1.807, 2.05) is 0 Å². The molecular formula is C15H25N3O2. The van der Waals surface area contributed by atoms with Gasteiger partial charge in [0.15, 0.2) is 5.82 Å². The van der Waals surface area contributed by atoms with Gasteiger partial charge >= 0.3 is 0 Å². The second kappa shape index (κ2) is 5.82. The average molecular weight is 279 g/mol. The van der Waals surface area contributed by atoms with E-state index in [4.69, 9.17) is 15.0 Å². The molecule has 0 aliphatic heterocycles. The first-order chi connectivity index (χ1) is 9.67. The monoisotopic (exact) mass is 279 g/mol. The van der Waals surface area contributed by atoms with Gasteiger partial charge in [-0.1, -0.05) is 37.8 Å². The van der Waals surface area contributed by atoms with E-state index in [0.717, 1.165) is 32.1 Å². The van der Waals surface area contributed by atoms with Gasteiger partial charge in [-0.05, 0) is 31.6 Å². The summed E-state index contributed by atoms with van der Waals surface area (Å²) in [4.78, 5) is 4.45. The molecule has 5 heteroatoms. The number of rotatable bonds is 4. The van der Waals surface area contributed by atoms with Crippen LogP contribution in [0.3, 0.4) is 0 Å². The molecule has 1 aromatic heterocycles. The molecule has 0 amide bonds. The summed E-state index contributed by atoms with van der Waals surface area (Å²) in [6.45, 7) is 2.68. The van der Waals surface area contributed by atoms with E-state index in [-0.39, 0.29) is 5.54 Å². The molecule has 0 aromatic carbocycles. The van der Waals surface area contributed by atoms with E-state index >= 15 is 0 Å². The van der Waals surface area contributed by atoms with Gasteiger partial charge in [-0.2, -0.15) is 4.98 Å². The van der Waals surface area contributed by atoms with E-state index in [2.05, 4.69) is 17.1 Å². The molecule has 2 unspecified atom stereocenters. The van der Waals surface area contributed by atoms with Crippen molar-refractivity contribution in [2.24, 2.45) is 11.7 Å². The van der Waals surface area contributed by atoms with Crippen molar-refractivity contribution in [1.82, 2.24) is 10.1 Å². The van der Waals surface area contributed by atoms with Crippen LogP contribution in [0.1, 0.15) is 70.0 Å². The number of hydrogen-bond acceptors (Lipinski definition) is 5. The highest BCUT2D eigenvalue weighted by atomic mass is 16.5. The second-order valence-electron chi connectivity index (χ2n) is 6.49. The molecule has 0 spiro atoms. The minimum Gasteiger partial charge on any atom is -0.368 e. The normalized spacial score (nSPS) is 29.7. The number of ether oxygens (including phenoxy) is 1. The van der Waals surface area contributed by atoms with Crippen molar-refractivity contribution in [3.63, 3.8) is 0 Å². The number of nitrogens with zero attached hydrogens (tertiary/aromatic N) is 2. The third kappa shape index (κ3) is 2.88. The van der Waals surface area contributed by atoms with E-state index in [1.165, 1.54) is 19.3 Å². The third-order valence-electron chi connectivity index (χ3n) is 4.86. The minimum atomic E-state index is -0.375. The van der Waals surface area contributed by atoms with Gasteiger partial charge in [0.05, 0.1) is 11.6 Å². The first kappa shape index (κ1) is 14.0. The molecule has 1 heterocycles. The maximum atomic E-state index is 6.33. The maximum absolute atomic E-state index is 6.33. The zero-order chi connectivity index (χ0) is 14.0. The van der Waals surface area contributed by atoms with Crippen LogP contribution in [-0.4, -0.2) is 16.2 Å². The number of hydrogen-bond donors (Lipinski definition) is 1. The molecule has 1 aromatic rings. The highest BCUT2D eigenvalue weighted by molar-refractivity contribution is 5.06. The van der Waals surface area contributed by atoms with Crippen molar-refractivity contribution in [2.45, 2.75) is 76.5 Å². The molecule has 5 nitrogen and oxygen atoms in total. The largest absolute Gasteiger partial charge is 0.368 e. The SMILES string of the molecule is CC1CCCCC1OCc1nc(C2(N)CCCC2)no1. The molecule has 2 aliphatic carbocycles. The molecular weight excluding hydrogens is 254 g/mol. The molecule has 2 aliphatic rings. The molecule has 2 N–H and O–H groups in total. The second-order valence-corrected chi connectivity index (χ2v) is 6.49. The summed E-state index contributed by atoms with van der Waals surface area (Å²) in [5.41, 5.74) is 5.95. The molecule has 0 saturated heterocycles. The molecule has 20 heavy (non-hydrogen) atoms. The Balaban J connectivity index is 1.57. The summed E-state index contributed by atoms with van der Waals surface area (Å²) in [5, 5.41) is 4.06. The van der Waals surface area contributed by atoms with Crippen LogP contribution in [0.2, 0.25) is 0 Å². The summed E-state index contributed by atoms with van der Waals surface area (Å²) in [6.07, 6.45) is 9.51. The lowest BCUT2D eigenvalue weighted by Gasteiger charge is -2.28. The fourth-order valence-corrected chi connectivity index (χ4v) is 3.45. The number of aromatic nitrogens is 2. The fourth-order valence-electron chi connectivity index (χ4n) is 3.45. The lowest BCUT2D eigenvalue weighted by atomic mass is 9.88. The lowest BCUT2D eigenvalue weighted by Crippen LogP contribution is -2.34. The average Bonchev–Trinajstić information content (AvgIpc) is 3.08. The smallest absolute Gasteiger partial charge is 0.252 e. The van der Waals surface area contributed by atoms with Crippen molar-refractivity contribution in [3.8, 4) is 0 Å². The van der Waals surface area contributed by atoms with Crippen molar-refractivity contribution in [1.29, 1.82) is 0 Å². The Morgan fingerprint density at radius 2 is 2.00 bits per heavy atom. The highest BCUT2D eigenvalue weighted by Crippen LogP contribution is 2.34. The number of nitrogens with two attached hydrogens (primary N) is 1. The molecule has 2 atom stereocenters. The Hall–Kier alpha value is -0.940. The molecule has 2 saturated carbocycles. The molecule has 2 fully saturated rings. The van der Waals surface area contributed by atoms with Crippen molar-refractivity contribution in [3.05, 3.63) is 11.7 Å². The van der Waals surface area contributed by atoms with Gasteiger partial charge in [0.1, 0.15) is 6.61 Å². The van der Waals surface area contributed by atoms with Gasteiger partial charge in [0.2, 0.25) is 0 Å². The Bertz CT molecular complexity index is 440. The van der Waals surface area contributed by atoms with Gasteiger partial charge < -0.3 is 15.0 Å². The van der Waals surface area contributed by atoms with Crippen LogP contribution in [0, 0.1) is 5.92 Å². The third-order valence-corrected chi connectivity index (χ3v) is 4.86. The highest BCUT2D eigenvalue weighted by Gasteiger charge is 2.36. The van der Waals surface area contributed by atoms with Crippen molar-refractivity contribution in [2.75, 3.05) is 0 Å². The van der Waals surface area contributed by atoms with E-state index in [0.29, 0.717) is 30.3 Å². The van der Waals surface area contributed by atoms with Gasteiger partial charge in [0.25, 0.3) is 5.89 Å². The summed E-state index contributed by atoms with van der Waals surface area (Å²) in [6, 6.07) is 0. The standard InChI is InChI=1S/C15H25N3O2/c1-11-6-2-3-7-12(11)19-10-13-17-14(18-20-13)15(16)8-4-5-9-15/h11-12H,2-10,16H2,1H3. The molecule has 0 radical (unpaired) electrons. The van der Waals surface area contributed by atoms with Crippen molar-refractivity contribution < 1.29 is 9.26 Å². The summed E-state index contributed by atoms with van der Waals surface area (Å²) in [7, 11) is 0. The summed E-state index contributed by atoms with van der Waals surface area (Å²) >= 11 is 0. The Morgan fingerprint density at radius 1 is 1.25 bits per heavy atom. The van der Waals surface area contributed by atoms with Gasteiger partial charge in [-0.25, -0.2) is 0 Å². The van der Waals surface area contributed by atoms with Gasteiger partial charge in [-0.15, -0.1) is 0 Å². The summed E-state index contributed by atoms with van der Waals surface area (Å²) in [5.74, 6) is 1.85. The first-order valence-corrected chi connectivity index (χ1v) is 7.91. The molecule has 3 rings (SSSR count). The minimum absolute atomic E-state index is 0.331. The zero-order valence-corrected chi connectivity index (χ0v) is 12.3.